The Balaban J connectivity index is 0. The van der Waals surface area contributed by atoms with Gasteiger partial charge in [-0.3, -0.25) is 4.57 Å². The average Bonchev–Trinajstić information content (AvgIpc) is 1.31. The van der Waals surface area contributed by atoms with Gasteiger partial charge in [-0.1, -0.05) is 0 Å². The molecule has 0 aromatic carbocycles. The maximum atomic E-state index is 9.90. The molecule has 0 aliphatic carbocycles. The number of rotatable bonds is 1. The molecule has 0 bridgehead atoms. The largest absolute Gasteiger partial charge is 0.341 e. The van der Waals surface area contributed by atoms with Gasteiger partial charge in [-0.05, 0) is 6.92 Å². The van der Waals surface area contributed by atoms with E-state index < -0.39 is 13.4 Å². The second-order valence-electron chi connectivity index (χ2n) is 1.33. The molecule has 50 valence electrons. The van der Waals surface area contributed by atoms with Gasteiger partial charge < -0.3 is 15.5 Å². The zero-order chi connectivity index (χ0) is 6.08. The van der Waals surface area contributed by atoms with Crippen molar-refractivity contribution < 1.29 is 35.4 Å². The molecule has 0 fully saturated rings. The van der Waals surface area contributed by atoms with Gasteiger partial charge in [0.2, 0.25) is 0 Å². The monoisotopic (exact) mass is 309 g/mol. The maximum Gasteiger partial charge on any atom is 0.341 e. The number of hydrogen-bond donors (Lipinski definition) is 3. The van der Waals surface area contributed by atoms with Crippen molar-refractivity contribution in [2.75, 3.05) is 0 Å². The minimum atomic E-state index is -3.96. The molecule has 0 aromatic rings. The fraction of sp³-hybridized carbons (Fsp3) is 1.00. The van der Waals surface area contributed by atoms with Gasteiger partial charge in [-0.25, -0.2) is 0 Å². The summed E-state index contributed by atoms with van der Waals surface area (Å²) in [5, 5.41) is 0. The predicted octanol–water partition coefficient (Wildman–Crippen LogP) is -0.534. The van der Waals surface area contributed by atoms with E-state index in [0.717, 1.165) is 0 Å². The van der Waals surface area contributed by atoms with Crippen LogP contribution >= 0.6 is 7.60 Å². The zero-order valence-corrected chi connectivity index (χ0v) is 8.14. The molecular weight excluding hydrogens is 301 g/mol. The Kier molecular flexibility index (Phi) is 5.43. The van der Waals surface area contributed by atoms with Gasteiger partial charge in [0.25, 0.3) is 0 Å². The van der Waals surface area contributed by atoms with E-state index in [2.05, 4.69) is 0 Å². The summed E-state index contributed by atoms with van der Waals surface area (Å²) in [5.41, 5.74) is 4.81. The molecule has 0 spiro atoms. The summed E-state index contributed by atoms with van der Waals surface area (Å²) in [7, 11) is -3.96. The number of nitrogens with two attached hydrogens (primary N) is 1. The summed E-state index contributed by atoms with van der Waals surface area (Å²) in [4.78, 5) is 16.2. The van der Waals surface area contributed by atoms with Gasteiger partial charge in [0.15, 0.2) is 0 Å². The Morgan fingerprint density at radius 3 is 1.75 bits per heavy atom. The Morgan fingerprint density at radius 1 is 1.62 bits per heavy atom. The van der Waals surface area contributed by atoms with Crippen LogP contribution in [-0.4, -0.2) is 15.6 Å². The summed E-state index contributed by atoms with van der Waals surface area (Å²) in [6, 6.07) is 0. The van der Waals surface area contributed by atoms with Crippen LogP contribution in [0.5, 0.6) is 0 Å². The SMILES string of the molecule is CC(N)P(=O)(O)O.[W]. The maximum absolute atomic E-state index is 9.90. The molecule has 1 atom stereocenters. The first-order valence-electron chi connectivity index (χ1n) is 1.75. The van der Waals surface area contributed by atoms with Gasteiger partial charge in [0.05, 0.1) is 0 Å². The first-order chi connectivity index (χ1) is 2.94. The van der Waals surface area contributed by atoms with Crippen molar-refractivity contribution in [1.82, 2.24) is 0 Å². The van der Waals surface area contributed by atoms with E-state index in [4.69, 9.17) is 15.5 Å². The van der Waals surface area contributed by atoms with Gasteiger partial charge in [0, 0.05) is 21.1 Å². The average molecular weight is 309 g/mol. The molecule has 6 heteroatoms. The standard InChI is InChI=1S/C2H8NO3P.W/c1-2(3)7(4,5)6;/h2H,3H2,1H3,(H2,4,5,6);. The van der Waals surface area contributed by atoms with Crippen LogP contribution < -0.4 is 5.73 Å². The molecule has 0 saturated heterocycles. The van der Waals surface area contributed by atoms with Crippen LogP contribution in [0.4, 0.5) is 0 Å². The van der Waals surface area contributed by atoms with Gasteiger partial charge in [-0.15, -0.1) is 0 Å². The van der Waals surface area contributed by atoms with Crippen molar-refractivity contribution in [3.05, 3.63) is 0 Å². The van der Waals surface area contributed by atoms with Crippen LogP contribution in [0.15, 0.2) is 0 Å². The third kappa shape index (κ3) is 4.95. The Hall–Kier alpha value is 0.798. The van der Waals surface area contributed by atoms with Crippen LogP contribution in [0.2, 0.25) is 0 Å². The molecule has 0 heterocycles. The molecule has 0 aliphatic rings. The topological polar surface area (TPSA) is 83.6 Å². The second-order valence-corrected chi connectivity index (χ2v) is 3.32. The molecular formula is C2H8NO3PW. The van der Waals surface area contributed by atoms with E-state index in [-0.39, 0.29) is 21.1 Å². The zero-order valence-electron chi connectivity index (χ0n) is 4.31. The van der Waals surface area contributed by atoms with E-state index in [9.17, 15) is 4.57 Å². The second kappa shape index (κ2) is 3.75. The summed E-state index contributed by atoms with van der Waals surface area (Å²) in [6.07, 6.45) is 0. The molecule has 4 N–H and O–H groups in total. The van der Waals surface area contributed by atoms with Crippen molar-refractivity contribution in [1.29, 1.82) is 0 Å². The van der Waals surface area contributed by atoms with Crippen molar-refractivity contribution >= 4 is 7.60 Å². The molecule has 0 aliphatic heterocycles. The smallest absolute Gasteiger partial charge is 0.323 e. The van der Waals surface area contributed by atoms with Crippen molar-refractivity contribution in [3.8, 4) is 0 Å². The third-order valence-electron chi connectivity index (χ3n) is 0.531. The normalized spacial score (nSPS) is 14.5. The first kappa shape index (κ1) is 11.6. The van der Waals surface area contributed by atoms with Crippen LogP contribution in [0, 0.1) is 0 Å². The molecule has 0 aromatic heterocycles. The van der Waals surface area contributed by atoms with E-state index in [0.29, 0.717) is 0 Å². The van der Waals surface area contributed by atoms with Crippen molar-refractivity contribution in [3.63, 3.8) is 0 Å². The Labute approximate surface area is 61.9 Å². The predicted molar refractivity (Wildman–Crippen MR) is 25.7 cm³/mol. The number of hydrogen-bond acceptors (Lipinski definition) is 2. The van der Waals surface area contributed by atoms with Crippen molar-refractivity contribution in [2.45, 2.75) is 12.7 Å². The third-order valence-corrected chi connectivity index (χ3v) is 1.59. The summed E-state index contributed by atoms with van der Waals surface area (Å²) in [6.45, 7) is 1.26. The molecule has 0 rings (SSSR count). The molecule has 8 heavy (non-hydrogen) atoms. The molecule has 4 nitrogen and oxygen atoms in total. The molecule has 1 unspecified atom stereocenters. The van der Waals surface area contributed by atoms with E-state index in [1.807, 2.05) is 0 Å². The van der Waals surface area contributed by atoms with Crippen molar-refractivity contribution in [2.24, 2.45) is 5.73 Å². The van der Waals surface area contributed by atoms with Crippen LogP contribution in [-0.2, 0) is 25.6 Å². The van der Waals surface area contributed by atoms with Crippen LogP contribution in [0.3, 0.4) is 0 Å². The van der Waals surface area contributed by atoms with Gasteiger partial charge in [-0.2, -0.15) is 0 Å². The van der Waals surface area contributed by atoms with Crippen LogP contribution in [0.1, 0.15) is 6.92 Å². The van der Waals surface area contributed by atoms with Crippen LogP contribution in [0.25, 0.3) is 0 Å². The molecule has 0 saturated carbocycles. The van der Waals surface area contributed by atoms with Gasteiger partial charge >= 0.3 is 7.60 Å². The first-order valence-corrected chi connectivity index (χ1v) is 3.43. The summed E-state index contributed by atoms with van der Waals surface area (Å²) >= 11 is 0. The fourth-order valence-corrected chi connectivity index (χ4v) is 0. The Bertz CT molecular complexity index is 99.5. The van der Waals surface area contributed by atoms with E-state index in [1.54, 1.807) is 0 Å². The molecule has 0 amide bonds. The van der Waals surface area contributed by atoms with E-state index >= 15 is 0 Å². The fourth-order valence-electron chi connectivity index (χ4n) is 0. The Morgan fingerprint density at radius 2 is 1.75 bits per heavy atom. The van der Waals surface area contributed by atoms with E-state index in [1.165, 1.54) is 6.92 Å². The quantitative estimate of drug-likeness (QED) is 0.569. The minimum absolute atomic E-state index is 0. The minimum Gasteiger partial charge on any atom is -0.323 e. The summed E-state index contributed by atoms with van der Waals surface area (Å²) in [5.74, 6) is -1.03. The molecule has 0 radical (unpaired) electrons. The van der Waals surface area contributed by atoms with Gasteiger partial charge in [0.1, 0.15) is 5.78 Å². The summed E-state index contributed by atoms with van der Waals surface area (Å²) < 4.78 is 9.90.